The highest BCUT2D eigenvalue weighted by atomic mass is 15.5. The second kappa shape index (κ2) is 2.03. The molecule has 0 unspecified atom stereocenters. The van der Waals surface area contributed by atoms with E-state index >= 15 is 0 Å². The standard InChI is InChI=1S/C5H11N3/c1-2-8-4-3-5(6)7-8/h2-4H2,1H3,(H2,6,7). The molecule has 1 aliphatic heterocycles. The first-order valence-electron chi connectivity index (χ1n) is 2.91. The van der Waals surface area contributed by atoms with E-state index in [4.69, 9.17) is 5.73 Å². The fraction of sp³-hybridized carbons (Fsp3) is 0.800. The van der Waals surface area contributed by atoms with Crippen LogP contribution in [0.1, 0.15) is 13.3 Å². The molecule has 0 aliphatic carbocycles. The summed E-state index contributed by atoms with van der Waals surface area (Å²) in [6.45, 7) is 4.05. The van der Waals surface area contributed by atoms with E-state index < -0.39 is 0 Å². The molecule has 0 radical (unpaired) electrons. The highest BCUT2D eigenvalue weighted by Gasteiger charge is 2.07. The van der Waals surface area contributed by atoms with Gasteiger partial charge in [0.1, 0.15) is 5.84 Å². The summed E-state index contributed by atoms with van der Waals surface area (Å²) in [5.41, 5.74) is 5.41. The molecule has 0 spiro atoms. The molecular weight excluding hydrogens is 102 g/mol. The van der Waals surface area contributed by atoms with Gasteiger partial charge in [0.15, 0.2) is 0 Å². The molecule has 0 aromatic carbocycles. The number of nitrogens with zero attached hydrogens (tertiary/aromatic N) is 2. The molecule has 0 saturated carbocycles. The van der Waals surface area contributed by atoms with Gasteiger partial charge in [-0.05, 0) is 6.92 Å². The highest BCUT2D eigenvalue weighted by molar-refractivity contribution is 5.81. The van der Waals surface area contributed by atoms with Crippen molar-refractivity contribution >= 4 is 5.84 Å². The normalized spacial score (nSPS) is 19.1. The zero-order valence-electron chi connectivity index (χ0n) is 5.09. The van der Waals surface area contributed by atoms with Gasteiger partial charge in [-0.3, -0.25) is 5.01 Å². The molecule has 0 aromatic rings. The Balaban J connectivity index is 2.41. The Morgan fingerprint density at radius 1 is 1.88 bits per heavy atom. The van der Waals surface area contributed by atoms with Crippen LogP contribution in [-0.4, -0.2) is 23.9 Å². The first-order valence-corrected chi connectivity index (χ1v) is 2.91. The summed E-state index contributed by atoms with van der Waals surface area (Å²) in [7, 11) is 0. The molecule has 8 heavy (non-hydrogen) atoms. The highest BCUT2D eigenvalue weighted by Crippen LogP contribution is 2.00. The minimum absolute atomic E-state index is 0.770. The minimum atomic E-state index is 0.770. The van der Waals surface area contributed by atoms with Crippen LogP contribution in [0.4, 0.5) is 0 Å². The Morgan fingerprint density at radius 3 is 2.88 bits per heavy atom. The number of nitrogens with two attached hydrogens (primary N) is 1. The average molecular weight is 113 g/mol. The van der Waals surface area contributed by atoms with Gasteiger partial charge in [-0.25, -0.2) is 0 Å². The second-order valence-corrected chi connectivity index (χ2v) is 1.89. The Labute approximate surface area is 49.2 Å². The van der Waals surface area contributed by atoms with Crippen molar-refractivity contribution in [1.82, 2.24) is 5.01 Å². The zero-order valence-corrected chi connectivity index (χ0v) is 5.09. The molecule has 3 heteroatoms. The molecule has 1 aliphatic rings. The molecule has 0 fully saturated rings. The first kappa shape index (κ1) is 5.41. The lowest BCUT2D eigenvalue weighted by atomic mass is 10.4. The minimum Gasteiger partial charge on any atom is -0.386 e. The average Bonchev–Trinajstić information content (AvgIpc) is 2.14. The van der Waals surface area contributed by atoms with Crippen molar-refractivity contribution in [3.63, 3.8) is 0 Å². The topological polar surface area (TPSA) is 41.6 Å². The van der Waals surface area contributed by atoms with E-state index in [1.54, 1.807) is 0 Å². The van der Waals surface area contributed by atoms with E-state index in [1.807, 2.05) is 5.01 Å². The SMILES string of the molecule is CCN1CCC(N)=N1. The largest absolute Gasteiger partial charge is 0.386 e. The van der Waals surface area contributed by atoms with Crippen LogP contribution in [0.2, 0.25) is 0 Å². The van der Waals surface area contributed by atoms with Gasteiger partial charge in [-0.2, -0.15) is 5.10 Å². The maximum Gasteiger partial charge on any atom is 0.121 e. The van der Waals surface area contributed by atoms with Gasteiger partial charge < -0.3 is 5.73 Å². The maximum atomic E-state index is 5.41. The quantitative estimate of drug-likeness (QED) is 0.519. The molecule has 0 bridgehead atoms. The lowest BCUT2D eigenvalue weighted by Crippen LogP contribution is -2.11. The Morgan fingerprint density at radius 2 is 2.62 bits per heavy atom. The van der Waals surface area contributed by atoms with Gasteiger partial charge in [0.2, 0.25) is 0 Å². The van der Waals surface area contributed by atoms with E-state index in [0.29, 0.717) is 0 Å². The Bertz CT molecular complexity index is 108. The molecule has 0 saturated heterocycles. The molecule has 1 heterocycles. The summed E-state index contributed by atoms with van der Waals surface area (Å²) in [6.07, 6.45) is 0.938. The summed E-state index contributed by atoms with van der Waals surface area (Å²) in [6, 6.07) is 0. The molecule has 46 valence electrons. The van der Waals surface area contributed by atoms with Crippen molar-refractivity contribution < 1.29 is 0 Å². The number of hydrazone groups is 1. The van der Waals surface area contributed by atoms with Crippen LogP contribution >= 0.6 is 0 Å². The van der Waals surface area contributed by atoms with Gasteiger partial charge in [0, 0.05) is 19.5 Å². The number of hydrogen-bond acceptors (Lipinski definition) is 3. The van der Waals surface area contributed by atoms with Crippen LogP contribution in [0.15, 0.2) is 5.10 Å². The van der Waals surface area contributed by atoms with Crippen LogP contribution in [0.25, 0.3) is 0 Å². The van der Waals surface area contributed by atoms with E-state index in [9.17, 15) is 0 Å². The fourth-order valence-electron chi connectivity index (χ4n) is 0.754. The van der Waals surface area contributed by atoms with Crippen molar-refractivity contribution in [3.8, 4) is 0 Å². The van der Waals surface area contributed by atoms with Crippen LogP contribution in [0, 0.1) is 0 Å². The Hall–Kier alpha value is -0.730. The predicted molar refractivity (Wildman–Crippen MR) is 33.5 cm³/mol. The smallest absolute Gasteiger partial charge is 0.121 e. The molecule has 3 nitrogen and oxygen atoms in total. The van der Waals surface area contributed by atoms with E-state index in [1.165, 1.54) is 0 Å². The third-order valence-electron chi connectivity index (χ3n) is 1.26. The summed E-state index contributed by atoms with van der Waals surface area (Å²) >= 11 is 0. The molecule has 1 rings (SSSR count). The van der Waals surface area contributed by atoms with Gasteiger partial charge in [-0.1, -0.05) is 0 Å². The third-order valence-corrected chi connectivity index (χ3v) is 1.26. The number of hydrogen-bond donors (Lipinski definition) is 1. The summed E-state index contributed by atoms with van der Waals surface area (Å²) in [4.78, 5) is 0. The van der Waals surface area contributed by atoms with Crippen LogP contribution < -0.4 is 5.73 Å². The summed E-state index contributed by atoms with van der Waals surface area (Å²) < 4.78 is 0. The van der Waals surface area contributed by atoms with Crippen molar-refractivity contribution in [2.75, 3.05) is 13.1 Å². The summed E-state index contributed by atoms with van der Waals surface area (Å²) in [5, 5.41) is 6.00. The molecule has 0 amide bonds. The second-order valence-electron chi connectivity index (χ2n) is 1.89. The molecule has 0 atom stereocenters. The van der Waals surface area contributed by atoms with Gasteiger partial charge in [0.25, 0.3) is 0 Å². The number of amidine groups is 1. The van der Waals surface area contributed by atoms with E-state index in [2.05, 4.69) is 12.0 Å². The Kier molecular flexibility index (Phi) is 1.37. The van der Waals surface area contributed by atoms with Crippen LogP contribution in [-0.2, 0) is 0 Å². The predicted octanol–water partition coefficient (Wildman–Crippen LogP) is -0.0158. The summed E-state index contributed by atoms with van der Waals surface area (Å²) in [5.74, 6) is 0.770. The molecular formula is C5H11N3. The van der Waals surface area contributed by atoms with Crippen molar-refractivity contribution in [1.29, 1.82) is 0 Å². The van der Waals surface area contributed by atoms with Crippen LogP contribution in [0.5, 0.6) is 0 Å². The molecule has 2 N–H and O–H groups in total. The van der Waals surface area contributed by atoms with Gasteiger partial charge in [-0.15, -0.1) is 0 Å². The van der Waals surface area contributed by atoms with Crippen LogP contribution in [0.3, 0.4) is 0 Å². The van der Waals surface area contributed by atoms with Gasteiger partial charge >= 0.3 is 0 Å². The fourth-order valence-corrected chi connectivity index (χ4v) is 0.754. The lowest BCUT2D eigenvalue weighted by molar-refractivity contribution is 0.336. The lowest BCUT2D eigenvalue weighted by Gasteiger charge is -2.07. The van der Waals surface area contributed by atoms with Gasteiger partial charge in [0.05, 0.1) is 0 Å². The van der Waals surface area contributed by atoms with E-state index in [0.717, 1.165) is 25.3 Å². The first-order chi connectivity index (χ1) is 3.83. The van der Waals surface area contributed by atoms with Crippen molar-refractivity contribution in [2.24, 2.45) is 10.8 Å². The van der Waals surface area contributed by atoms with E-state index in [-0.39, 0.29) is 0 Å². The monoisotopic (exact) mass is 113 g/mol. The van der Waals surface area contributed by atoms with Crippen molar-refractivity contribution in [2.45, 2.75) is 13.3 Å². The third kappa shape index (κ3) is 0.911. The number of rotatable bonds is 1. The maximum absolute atomic E-state index is 5.41. The van der Waals surface area contributed by atoms with Crippen molar-refractivity contribution in [3.05, 3.63) is 0 Å². The zero-order chi connectivity index (χ0) is 5.98. The molecule has 0 aromatic heterocycles.